The van der Waals surface area contributed by atoms with E-state index in [1.54, 1.807) is 23.1 Å². The molecular formula is C32H33FN4O4. The van der Waals surface area contributed by atoms with E-state index in [9.17, 15) is 18.8 Å². The smallest absolute Gasteiger partial charge is 0.255 e. The molecule has 3 amide bonds. The standard InChI is InChI=1S/C32H33FN4O4/c33-24-8-4-7-22(15-24)17-34-27-13-14-36(18-21-5-2-1-3-6-21)20-29(27)41-25-9-10-26-23(16-25)19-37(32(26)40)28-11-12-30(38)35-31(28)39/h1-10,15-16,27-29,34H,11-14,17-20H2,(H,35,38,39). The molecule has 9 heteroatoms. The number of amides is 3. The van der Waals surface area contributed by atoms with Gasteiger partial charge in [-0.1, -0.05) is 42.5 Å². The van der Waals surface area contributed by atoms with Gasteiger partial charge < -0.3 is 15.0 Å². The Labute approximate surface area is 238 Å². The molecule has 0 aliphatic carbocycles. The maximum absolute atomic E-state index is 13.8. The normalized spacial score (nSPS) is 22.9. The number of benzene rings is 3. The highest BCUT2D eigenvalue weighted by Crippen LogP contribution is 2.31. The summed E-state index contributed by atoms with van der Waals surface area (Å²) in [4.78, 5) is 41.0. The zero-order valence-corrected chi connectivity index (χ0v) is 22.7. The Morgan fingerprint density at radius 1 is 0.951 bits per heavy atom. The molecule has 8 nitrogen and oxygen atoms in total. The summed E-state index contributed by atoms with van der Waals surface area (Å²) < 4.78 is 20.3. The van der Waals surface area contributed by atoms with Gasteiger partial charge in [-0.15, -0.1) is 0 Å². The van der Waals surface area contributed by atoms with Crippen molar-refractivity contribution in [1.29, 1.82) is 0 Å². The third-order valence-electron chi connectivity index (χ3n) is 8.13. The van der Waals surface area contributed by atoms with E-state index in [-0.39, 0.29) is 36.2 Å². The van der Waals surface area contributed by atoms with Crippen LogP contribution < -0.4 is 15.4 Å². The molecule has 41 heavy (non-hydrogen) atoms. The number of hydrogen-bond acceptors (Lipinski definition) is 6. The van der Waals surface area contributed by atoms with Gasteiger partial charge in [0.15, 0.2) is 0 Å². The monoisotopic (exact) mass is 556 g/mol. The van der Waals surface area contributed by atoms with Crippen molar-refractivity contribution in [2.75, 3.05) is 13.1 Å². The number of halogens is 1. The van der Waals surface area contributed by atoms with E-state index in [0.29, 0.717) is 37.4 Å². The van der Waals surface area contributed by atoms with E-state index >= 15 is 0 Å². The molecule has 0 bridgehead atoms. The SMILES string of the molecule is O=C1CCC(N2Cc3cc(OC4CN(Cc5ccccc5)CCC4NCc4cccc(F)c4)ccc3C2=O)C(=O)N1. The largest absolute Gasteiger partial charge is 0.487 e. The fraction of sp³-hybridized carbons (Fsp3) is 0.344. The minimum absolute atomic E-state index is 0.0418. The second-order valence-corrected chi connectivity index (χ2v) is 11.0. The Hall–Kier alpha value is -4.08. The molecule has 3 heterocycles. The summed E-state index contributed by atoms with van der Waals surface area (Å²) in [6, 6.07) is 21.8. The van der Waals surface area contributed by atoms with E-state index in [0.717, 1.165) is 30.6 Å². The van der Waals surface area contributed by atoms with Gasteiger partial charge in [-0.2, -0.15) is 0 Å². The second kappa shape index (κ2) is 11.8. The molecule has 3 aliphatic rings. The lowest BCUT2D eigenvalue weighted by atomic mass is 10.00. The first-order valence-corrected chi connectivity index (χ1v) is 14.1. The highest BCUT2D eigenvalue weighted by Gasteiger charge is 2.39. The van der Waals surface area contributed by atoms with Crippen LogP contribution in [0.3, 0.4) is 0 Å². The molecule has 0 spiro atoms. The number of hydrogen-bond donors (Lipinski definition) is 2. The van der Waals surface area contributed by atoms with Crippen LogP contribution in [0.1, 0.15) is 46.3 Å². The predicted octanol–water partition coefficient (Wildman–Crippen LogP) is 3.40. The number of carbonyl (C=O) groups excluding carboxylic acids is 3. The Morgan fingerprint density at radius 2 is 1.78 bits per heavy atom. The van der Waals surface area contributed by atoms with Crippen molar-refractivity contribution in [1.82, 2.24) is 20.4 Å². The van der Waals surface area contributed by atoms with Gasteiger partial charge in [0.25, 0.3) is 5.91 Å². The molecule has 3 aromatic carbocycles. The number of piperidine rings is 2. The van der Waals surface area contributed by atoms with Crippen molar-refractivity contribution in [3.63, 3.8) is 0 Å². The molecule has 2 saturated heterocycles. The summed E-state index contributed by atoms with van der Waals surface area (Å²) in [6.45, 7) is 3.24. The fourth-order valence-corrected chi connectivity index (χ4v) is 6.01. The number of ether oxygens (including phenoxy) is 1. The average molecular weight is 557 g/mol. The summed E-state index contributed by atoms with van der Waals surface area (Å²) in [5.74, 6) is -0.533. The predicted molar refractivity (Wildman–Crippen MR) is 150 cm³/mol. The number of nitrogens with zero attached hydrogens (tertiary/aromatic N) is 2. The quantitative estimate of drug-likeness (QED) is 0.414. The Balaban J connectivity index is 1.17. The van der Waals surface area contributed by atoms with Gasteiger partial charge in [-0.3, -0.25) is 24.6 Å². The molecular weight excluding hydrogens is 523 g/mol. The molecule has 0 aromatic heterocycles. The van der Waals surface area contributed by atoms with Crippen LogP contribution in [0.5, 0.6) is 5.75 Å². The summed E-state index contributed by atoms with van der Waals surface area (Å²) in [6.07, 6.45) is 1.23. The summed E-state index contributed by atoms with van der Waals surface area (Å²) in [5.41, 5.74) is 3.47. The highest BCUT2D eigenvalue weighted by molar-refractivity contribution is 6.05. The minimum atomic E-state index is -0.654. The topological polar surface area (TPSA) is 91.0 Å². The van der Waals surface area contributed by atoms with Crippen LogP contribution in [0.25, 0.3) is 0 Å². The Morgan fingerprint density at radius 3 is 2.59 bits per heavy atom. The molecule has 3 aliphatic heterocycles. The highest BCUT2D eigenvalue weighted by atomic mass is 19.1. The maximum Gasteiger partial charge on any atom is 0.255 e. The third kappa shape index (κ3) is 6.16. The first-order valence-electron chi connectivity index (χ1n) is 14.1. The van der Waals surface area contributed by atoms with Crippen LogP contribution >= 0.6 is 0 Å². The number of likely N-dealkylation sites (tertiary alicyclic amines) is 1. The van der Waals surface area contributed by atoms with Gasteiger partial charge in [-0.05, 0) is 59.9 Å². The molecule has 3 unspecified atom stereocenters. The van der Waals surface area contributed by atoms with Crippen LogP contribution in [0.2, 0.25) is 0 Å². The van der Waals surface area contributed by atoms with E-state index in [1.165, 1.54) is 11.6 Å². The van der Waals surface area contributed by atoms with Gasteiger partial charge >= 0.3 is 0 Å². The number of imide groups is 1. The number of nitrogens with one attached hydrogen (secondary N) is 2. The van der Waals surface area contributed by atoms with Crippen LogP contribution in [-0.4, -0.2) is 58.8 Å². The Kier molecular flexibility index (Phi) is 7.80. The molecule has 6 rings (SSSR count). The van der Waals surface area contributed by atoms with Crippen LogP contribution in [0.15, 0.2) is 72.8 Å². The van der Waals surface area contributed by atoms with Crippen LogP contribution in [0, 0.1) is 5.82 Å². The summed E-state index contributed by atoms with van der Waals surface area (Å²) in [7, 11) is 0. The van der Waals surface area contributed by atoms with Crippen molar-refractivity contribution in [2.45, 2.75) is 57.1 Å². The first kappa shape index (κ1) is 27.1. The number of rotatable bonds is 8. The second-order valence-electron chi connectivity index (χ2n) is 11.0. The van der Waals surface area contributed by atoms with Crippen molar-refractivity contribution in [3.05, 3.63) is 101 Å². The van der Waals surface area contributed by atoms with Crippen molar-refractivity contribution < 1.29 is 23.5 Å². The molecule has 3 aromatic rings. The van der Waals surface area contributed by atoms with E-state index in [1.807, 2.05) is 36.4 Å². The van der Waals surface area contributed by atoms with Gasteiger partial charge in [0.2, 0.25) is 11.8 Å². The summed E-state index contributed by atoms with van der Waals surface area (Å²) in [5, 5.41) is 5.93. The van der Waals surface area contributed by atoms with Crippen LogP contribution in [0.4, 0.5) is 4.39 Å². The van der Waals surface area contributed by atoms with E-state index in [2.05, 4.69) is 27.7 Å². The van der Waals surface area contributed by atoms with E-state index < -0.39 is 11.9 Å². The molecule has 2 N–H and O–H groups in total. The number of fused-ring (bicyclic) bond motifs is 1. The minimum Gasteiger partial charge on any atom is -0.487 e. The van der Waals surface area contributed by atoms with Crippen LogP contribution in [-0.2, 0) is 29.2 Å². The zero-order chi connectivity index (χ0) is 28.3. The van der Waals surface area contributed by atoms with Crippen molar-refractivity contribution in [3.8, 4) is 5.75 Å². The lowest BCUT2D eigenvalue weighted by molar-refractivity contribution is -0.136. The molecule has 2 fully saturated rings. The van der Waals surface area contributed by atoms with Gasteiger partial charge in [0.05, 0.1) is 0 Å². The Bertz CT molecular complexity index is 1450. The zero-order valence-electron chi connectivity index (χ0n) is 22.7. The van der Waals surface area contributed by atoms with Gasteiger partial charge in [0, 0.05) is 50.7 Å². The maximum atomic E-state index is 13.8. The van der Waals surface area contributed by atoms with Crippen molar-refractivity contribution >= 4 is 17.7 Å². The number of carbonyl (C=O) groups is 3. The van der Waals surface area contributed by atoms with Crippen molar-refractivity contribution in [2.24, 2.45) is 0 Å². The first-order chi connectivity index (χ1) is 19.9. The molecule has 0 saturated carbocycles. The lowest BCUT2D eigenvalue weighted by Gasteiger charge is -2.39. The summed E-state index contributed by atoms with van der Waals surface area (Å²) >= 11 is 0. The molecule has 0 radical (unpaired) electrons. The molecule has 212 valence electrons. The average Bonchev–Trinajstić information content (AvgIpc) is 3.28. The fourth-order valence-electron chi connectivity index (χ4n) is 6.01. The lowest BCUT2D eigenvalue weighted by Crippen LogP contribution is -2.54. The van der Waals surface area contributed by atoms with Gasteiger partial charge in [0.1, 0.15) is 23.7 Å². The molecule has 3 atom stereocenters. The van der Waals surface area contributed by atoms with Gasteiger partial charge in [-0.25, -0.2) is 4.39 Å². The third-order valence-corrected chi connectivity index (χ3v) is 8.13. The van der Waals surface area contributed by atoms with E-state index in [4.69, 9.17) is 4.74 Å².